The molecule has 0 aliphatic carbocycles. The smallest absolute Gasteiger partial charge is 0.266 e. The van der Waals surface area contributed by atoms with E-state index in [0.29, 0.717) is 11.4 Å². The number of carbonyl (C=O) groups excluding carboxylic acids is 2. The van der Waals surface area contributed by atoms with Gasteiger partial charge in [0, 0.05) is 16.5 Å². The predicted octanol–water partition coefficient (Wildman–Crippen LogP) is 2.77. The Labute approximate surface area is 153 Å². The highest BCUT2D eigenvalue weighted by molar-refractivity contribution is 6.20. The molecule has 0 saturated carbocycles. The van der Waals surface area contributed by atoms with Crippen molar-refractivity contribution in [3.05, 3.63) is 65.7 Å². The van der Waals surface area contributed by atoms with Crippen molar-refractivity contribution in [3.8, 4) is 0 Å². The van der Waals surface area contributed by atoms with Gasteiger partial charge in [-0.25, -0.2) is 0 Å². The van der Waals surface area contributed by atoms with Crippen LogP contribution in [0, 0.1) is 5.41 Å². The van der Waals surface area contributed by atoms with E-state index < -0.39 is 11.6 Å². The number of amides is 1. The third-order valence-corrected chi connectivity index (χ3v) is 4.42. The first-order chi connectivity index (χ1) is 12.3. The van der Waals surface area contributed by atoms with Gasteiger partial charge in [0.1, 0.15) is 0 Å². The number of aliphatic imine (C=N–C) groups is 1. The van der Waals surface area contributed by atoms with Crippen molar-refractivity contribution in [1.29, 1.82) is 0 Å². The summed E-state index contributed by atoms with van der Waals surface area (Å²) in [5.41, 5.74) is 8.52. The van der Waals surface area contributed by atoms with Crippen molar-refractivity contribution in [2.75, 3.05) is 11.4 Å². The molecule has 0 spiro atoms. The minimum absolute atomic E-state index is 0.0232. The number of hydrogen-bond acceptors (Lipinski definition) is 4. The van der Waals surface area contributed by atoms with Crippen LogP contribution in [0.3, 0.4) is 0 Å². The van der Waals surface area contributed by atoms with Crippen molar-refractivity contribution < 1.29 is 9.59 Å². The Morgan fingerprint density at radius 2 is 1.69 bits per heavy atom. The number of nitrogens with two attached hydrogens (primary N) is 1. The molecule has 0 unspecified atom stereocenters. The zero-order valence-electron chi connectivity index (χ0n) is 15.3. The van der Waals surface area contributed by atoms with Gasteiger partial charge in [0.15, 0.2) is 11.9 Å². The molecule has 1 heterocycles. The summed E-state index contributed by atoms with van der Waals surface area (Å²) in [4.78, 5) is 31.4. The third kappa shape index (κ3) is 3.44. The van der Waals surface area contributed by atoms with Gasteiger partial charge in [-0.05, 0) is 6.07 Å². The maximum atomic E-state index is 12.9. The fourth-order valence-corrected chi connectivity index (χ4v) is 2.82. The van der Waals surface area contributed by atoms with E-state index in [0.717, 1.165) is 11.1 Å². The fourth-order valence-electron chi connectivity index (χ4n) is 2.82. The normalized spacial score (nSPS) is 17.4. The number of fused-ring (bicyclic) bond motifs is 1. The molecule has 0 fully saturated rings. The molecule has 1 amide bonds. The molecule has 26 heavy (non-hydrogen) atoms. The minimum Gasteiger partial charge on any atom is -0.302 e. The van der Waals surface area contributed by atoms with Crippen LogP contribution in [0.1, 0.15) is 31.9 Å². The maximum absolute atomic E-state index is 12.9. The molecule has 3 rings (SSSR count). The summed E-state index contributed by atoms with van der Waals surface area (Å²) in [5.74, 6) is -0.406. The van der Waals surface area contributed by atoms with E-state index in [1.165, 1.54) is 4.90 Å². The van der Waals surface area contributed by atoms with Crippen molar-refractivity contribution in [3.63, 3.8) is 0 Å². The quantitative estimate of drug-likeness (QED) is 0.926. The Balaban J connectivity index is 2.12. The molecular weight excluding hydrogens is 326 g/mol. The number of Topliss-reactive ketones (excluding diaryl/α,β-unsaturated/α-hetero) is 1. The lowest BCUT2D eigenvalue weighted by Gasteiger charge is -2.27. The van der Waals surface area contributed by atoms with Crippen LogP contribution in [-0.2, 0) is 9.59 Å². The molecule has 2 N–H and O–H groups in total. The zero-order valence-corrected chi connectivity index (χ0v) is 15.3. The number of anilines is 1. The van der Waals surface area contributed by atoms with Crippen LogP contribution < -0.4 is 10.6 Å². The van der Waals surface area contributed by atoms with Crippen LogP contribution in [0.4, 0.5) is 5.69 Å². The molecule has 1 aliphatic heterocycles. The lowest BCUT2D eigenvalue weighted by atomic mass is 9.90. The van der Waals surface area contributed by atoms with Gasteiger partial charge >= 0.3 is 0 Å². The van der Waals surface area contributed by atoms with E-state index in [-0.39, 0.29) is 18.2 Å². The van der Waals surface area contributed by atoms with E-state index in [4.69, 9.17) is 5.73 Å². The minimum atomic E-state index is -1.05. The summed E-state index contributed by atoms with van der Waals surface area (Å²) in [5, 5.41) is 0. The molecule has 2 aromatic rings. The maximum Gasteiger partial charge on any atom is 0.266 e. The number of benzene rings is 2. The lowest BCUT2D eigenvalue weighted by Crippen LogP contribution is -2.46. The van der Waals surface area contributed by atoms with Gasteiger partial charge in [-0.1, -0.05) is 69.3 Å². The van der Waals surface area contributed by atoms with Crippen molar-refractivity contribution >= 4 is 23.1 Å². The summed E-state index contributed by atoms with van der Waals surface area (Å²) in [6.07, 6.45) is -1.05. The largest absolute Gasteiger partial charge is 0.302 e. The van der Waals surface area contributed by atoms with Gasteiger partial charge in [0.2, 0.25) is 0 Å². The average molecular weight is 349 g/mol. The van der Waals surface area contributed by atoms with Gasteiger partial charge < -0.3 is 10.6 Å². The standard InChI is InChI=1S/C21H23N3O2/c1-21(2,3)17(25)13-24-16-12-8-7-11-15(16)18(23-19(22)20(24)26)14-9-5-4-6-10-14/h4-12,19H,13,22H2,1-3H3/t19-/m1/s1. The topological polar surface area (TPSA) is 75.8 Å². The molecular formula is C21H23N3O2. The van der Waals surface area contributed by atoms with E-state index in [9.17, 15) is 9.59 Å². The number of rotatable bonds is 3. The molecule has 0 aromatic heterocycles. The van der Waals surface area contributed by atoms with Crippen molar-refractivity contribution in [2.45, 2.75) is 26.9 Å². The number of para-hydroxylation sites is 1. The van der Waals surface area contributed by atoms with E-state index in [2.05, 4.69) is 4.99 Å². The van der Waals surface area contributed by atoms with E-state index >= 15 is 0 Å². The third-order valence-electron chi connectivity index (χ3n) is 4.42. The van der Waals surface area contributed by atoms with Gasteiger partial charge in [-0.3, -0.25) is 14.6 Å². The second-order valence-electron chi connectivity index (χ2n) is 7.40. The van der Waals surface area contributed by atoms with E-state index in [1.54, 1.807) is 0 Å². The molecule has 0 bridgehead atoms. The first kappa shape index (κ1) is 18.0. The van der Waals surface area contributed by atoms with Crippen molar-refractivity contribution in [1.82, 2.24) is 0 Å². The second-order valence-corrected chi connectivity index (χ2v) is 7.40. The van der Waals surface area contributed by atoms with Crippen LogP contribution in [0.2, 0.25) is 0 Å². The highest BCUT2D eigenvalue weighted by Crippen LogP contribution is 2.28. The molecule has 5 heteroatoms. The number of nitrogens with zero attached hydrogens (tertiary/aromatic N) is 2. The highest BCUT2D eigenvalue weighted by Gasteiger charge is 2.33. The molecule has 2 aromatic carbocycles. The number of hydrogen-bond donors (Lipinski definition) is 1. The summed E-state index contributed by atoms with van der Waals surface area (Å²) in [6, 6.07) is 17.1. The summed E-state index contributed by atoms with van der Waals surface area (Å²) >= 11 is 0. The highest BCUT2D eigenvalue weighted by atomic mass is 16.2. The van der Waals surface area contributed by atoms with Crippen LogP contribution >= 0.6 is 0 Å². The van der Waals surface area contributed by atoms with Gasteiger partial charge in [0.25, 0.3) is 5.91 Å². The predicted molar refractivity (Wildman–Crippen MR) is 103 cm³/mol. The molecule has 1 atom stereocenters. The SMILES string of the molecule is CC(C)(C)C(=O)CN1C(=O)[C@H](N)N=C(c2ccccc2)c2ccccc21. The first-order valence-electron chi connectivity index (χ1n) is 8.62. The van der Waals surface area contributed by atoms with Crippen LogP contribution in [0.25, 0.3) is 0 Å². The van der Waals surface area contributed by atoms with E-state index in [1.807, 2.05) is 75.4 Å². The summed E-state index contributed by atoms with van der Waals surface area (Å²) in [7, 11) is 0. The number of ketones is 1. The number of carbonyl (C=O) groups is 2. The van der Waals surface area contributed by atoms with Gasteiger partial charge in [-0.15, -0.1) is 0 Å². The zero-order chi connectivity index (χ0) is 18.9. The Morgan fingerprint density at radius 1 is 1.08 bits per heavy atom. The molecule has 1 aliphatic rings. The average Bonchev–Trinajstić information content (AvgIpc) is 2.72. The lowest BCUT2D eigenvalue weighted by molar-refractivity contribution is -0.127. The number of benzodiazepines with no additional fused rings is 1. The Kier molecular flexibility index (Phi) is 4.74. The fraction of sp³-hybridized carbons (Fsp3) is 0.286. The van der Waals surface area contributed by atoms with Gasteiger partial charge in [-0.2, -0.15) is 0 Å². The van der Waals surface area contributed by atoms with Crippen molar-refractivity contribution in [2.24, 2.45) is 16.1 Å². The molecule has 0 saturated heterocycles. The van der Waals surface area contributed by atoms with Gasteiger partial charge in [0.05, 0.1) is 17.9 Å². The monoisotopic (exact) mass is 349 g/mol. The van der Waals surface area contributed by atoms with Crippen LogP contribution in [-0.4, -0.2) is 30.1 Å². The Morgan fingerprint density at radius 3 is 2.35 bits per heavy atom. The van der Waals surface area contributed by atoms with Crippen LogP contribution in [0.15, 0.2) is 59.6 Å². The molecule has 0 radical (unpaired) electrons. The Bertz CT molecular complexity index is 866. The Hall–Kier alpha value is -2.79. The second kappa shape index (κ2) is 6.84. The first-order valence-corrected chi connectivity index (χ1v) is 8.62. The van der Waals surface area contributed by atoms with Crippen LogP contribution in [0.5, 0.6) is 0 Å². The molecule has 5 nitrogen and oxygen atoms in total. The summed E-state index contributed by atoms with van der Waals surface area (Å²) < 4.78 is 0. The summed E-state index contributed by atoms with van der Waals surface area (Å²) in [6.45, 7) is 5.50. The molecule has 134 valence electrons.